The maximum atomic E-state index is 12.8. The minimum atomic E-state index is -0.647. The Morgan fingerprint density at radius 2 is 1.73 bits per heavy atom. The van der Waals surface area contributed by atoms with Gasteiger partial charge < -0.3 is 24.2 Å². The Morgan fingerprint density at radius 1 is 1.15 bits per heavy atom. The summed E-state index contributed by atoms with van der Waals surface area (Å²) in [5.41, 5.74) is -0.561. The van der Waals surface area contributed by atoms with E-state index in [2.05, 4.69) is 0 Å². The highest BCUT2D eigenvalue weighted by atomic mass is 16.6. The molecule has 3 amide bonds. The van der Waals surface area contributed by atoms with Crippen molar-refractivity contribution in [1.29, 1.82) is 0 Å². The maximum Gasteiger partial charge on any atom is 0.410 e. The van der Waals surface area contributed by atoms with E-state index < -0.39 is 17.6 Å². The number of urea groups is 1. The van der Waals surface area contributed by atoms with E-state index in [4.69, 9.17) is 9.47 Å². The molecule has 0 aromatic carbocycles. The fourth-order valence-electron chi connectivity index (χ4n) is 3.06. The fourth-order valence-corrected chi connectivity index (χ4v) is 3.06. The zero-order chi connectivity index (χ0) is 20.2. The van der Waals surface area contributed by atoms with Crippen LogP contribution in [0.1, 0.15) is 41.5 Å². The molecule has 0 radical (unpaired) electrons. The molecule has 0 N–H and O–H groups in total. The number of amides is 3. The highest BCUT2D eigenvalue weighted by Gasteiger charge is 2.37. The second-order valence-corrected chi connectivity index (χ2v) is 8.07. The van der Waals surface area contributed by atoms with Crippen molar-refractivity contribution in [2.45, 2.75) is 59.2 Å². The van der Waals surface area contributed by atoms with Gasteiger partial charge in [0.25, 0.3) is 0 Å². The van der Waals surface area contributed by atoms with Crippen LogP contribution >= 0.6 is 0 Å². The van der Waals surface area contributed by atoms with Crippen LogP contribution in [-0.4, -0.2) is 84.3 Å². The minimum absolute atomic E-state index is 0.0723. The maximum absolute atomic E-state index is 12.8. The molecule has 2 atom stereocenters. The third-order valence-electron chi connectivity index (χ3n) is 4.32. The van der Waals surface area contributed by atoms with Gasteiger partial charge in [-0.25, -0.2) is 14.4 Å². The molecule has 8 heteroatoms. The average Bonchev–Trinajstić information content (AvgIpc) is 2.51. The van der Waals surface area contributed by atoms with Gasteiger partial charge in [0.05, 0.1) is 7.11 Å². The van der Waals surface area contributed by atoms with Crippen LogP contribution in [0.3, 0.4) is 0 Å². The van der Waals surface area contributed by atoms with Crippen LogP contribution in [0.2, 0.25) is 0 Å². The van der Waals surface area contributed by atoms with Gasteiger partial charge in [-0.2, -0.15) is 0 Å². The largest absolute Gasteiger partial charge is 0.467 e. The van der Waals surface area contributed by atoms with Gasteiger partial charge in [-0.1, -0.05) is 13.8 Å². The van der Waals surface area contributed by atoms with Crippen LogP contribution in [0.5, 0.6) is 0 Å². The zero-order valence-electron chi connectivity index (χ0n) is 17.2. The smallest absolute Gasteiger partial charge is 0.410 e. The summed E-state index contributed by atoms with van der Waals surface area (Å²) in [6.45, 7) is 12.2. The normalized spacial score (nSPS) is 19.2. The van der Waals surface area contributed by atoms with Gasteiger partial charge in [-0.05, 0) is 33.6 Å². The summed E-state index contributed by atoms with van der Waals surface area (Å²) >= 11 is 0. The number of ether oxygens (including phenoxy) is 2. The van der Waals surface area contributed by atoms with Gasteiger partial charge in [-0.15, -0.1) is 0 Å². The summed E-state index contributed by atoms with van der Waals surface area (Å²) in [6, 6.07) is -1.07. The van der Waals surface area contributed by atoms with Crippen LogP contribution in [0.4, 0.5) is 9.59 Å². The SMILES string of the molecule is COC(=O)[C@H](C(C)C)N(C)C(=O)N1CCN(C(=O)OC(C)(C)C)[C@@H](C)C1. The van der Waals surface area contributed by atoms with Gasteiger partial charge in [0.2, 0.25) is 0 Å². The van der Waals surface area contributed by atoms with E-state index in [0.717, 1.165) is 0 Å². The number of likely N-dealkylation sites (N-methyl/N-ethyl adjacent to an activating group) is 1. The fraction of sp³-hybridized carbons (Fsp3) is 0.833. The van der Waals surface area contributed by atoms with Crippen molar-refractivity contribution in [1.82, 2.24) is 14.7 Å². The van der Waals surface area contributed by atoms with Gasteiger partial charge in [0.15, 0.2) is 0 Å². The predicted molar refractivity (Wildman–Crippen MR) is 97.8 cm³/mol. The van der Waals surface area contributed by atoms with Gasteiger partial charge in [0, 0.05) is 32.7 Å². The summed E-state index contributed by atoms with van der Waals surface area (Å²) in [4.78, 5) is 41.8. The van der Waals surface area contributed by atoms with E-state index in [1.54, 1.807) is 16.8 Å². The molecule has 26 heavy (non-hydrogen) atoms. The van der Waals surface area contributed by atoms with E-state index >= 15 is 0 Å². The molecule has 8 nitrogen and oxygen atoms in total. The van der Waals surface area contributed by atoms with E-state index in [0.29, 0.717) is 19.6 Å². The van der Waals surface area contributed by atoms with E-state index in [1.165, 1.54) is 12.0 Å². The first-order valence-electron chi connectivity index (χ1n) is 8.98. The number of hydrogen-bond acceptors (Lipinski definition) is 5. The van der Waals surface area contributed by atoms with E-state index in [9.17, 15) is 14.4 Å². The predicted octanol–water partition coefficient (Wildman–Crippen LogP) is 2.18. The van der Waals surface area contributed by atoms with Crippen LogP contribution < -0.4 is 0 Å². The summed E-state index contributed by atoms with van der Waals surface area (Å²) in [5, 5.41) is 0. The third-order valence-corrected chi connectivity index (χ3v) is 4.32. The molecule has 1 aliphatic heterocycles. The molecule has 0 aliphatic carbocycles. The van der Waals surface area contributed by atoms with E-state index in [-0.39, 0.29) is 24.1 Å². The first kappa shape index (κ1) is 22.1. The zero-order valence-corrected chi connectivity index (χ0v) is 17.2. The number of carbonyl (C=O) groups is 3. The van der Waals surface area contributed by atoms with Crippen molar-refractivity contribution >= 4 is 18.1 Å². The van der Waals surface area contributed by atoms with Crippen molar-refractivity contribution < 1.29 is 23.9 Å². The van der Waals surface area contributed by atoms with Crippen molar-refractivity contribution in [3.05, 3.63) is 0 Å². The lowest BCUT2D eigenvalue weighted by Gasteiger charge is -2.42. The lowest BCUT2D eigenvalue weighted by Crippen LogP contribution is -2.60. The first-order valence-corrected chi connectivity index (χ1v) is 8.98. The second kappa shape index (κ2) is 8.60. The van der Waals surface area contributed by atoms with Crippen molar-refractivity contribution in [2.24, 2.45) is 5.92 Å². The number of esters is 1. The Labute approximate surface area is 156 Å². The average molecular weight is 371 g/mol. The molecular weight excluding hydrogens is 338 g/mol. The second-order valence-electron chi connectivity index (χ2n) is 8.07. The van der Waals surface area contributed by atoms with Crippen LogP contribution in [0.25, 0.3) is 0 Å². The molecular formula is C18H33N3O5. The van der Waals surface area contributed by atoms with Gasteiger partial charge >= 0.3 is 18.1 Å². The molecule has 1 rings (SSSR count). The number of carbonyl (C=O) groups excluding carboxylic acids is 3. The topological polar surface area (TPSA) is 79.4 Å². The number of methoxy groups -OCH3 is 1. The lowest BCUT2D eigenvalue weighted by molar-refractivity contribution is -0.147. The Bertz CT molecular complexity index is 529. The summed E-state index contributed by atoms with van der Waals surface area (Å²) in [5.74, 6) is -0.506. The van der Waals surface area contributed by atoms with Crippen molar-refractivity contribution in [2.75, 3.05) is 33.8 Å². The molecule has 0 aromatic rings. The standard InChI is InChI=1S/C18H33N3O5/c1-12(2)14(15(22)25-8)19(7)16(23)20-9-10-21(13(3)11-20)17(24)26-18(4,5)6/h12-14H,9-11H2,1-8H3/t13-,14-/m0/s1. The number of piperazine rings is 1. The lowest BCUT2D eigenvalue weighted by atomic mass is 10.0. The first-order chi connectivity index (χ1) is 11.9. The highest BCUT2D eigenvalue weighted by molar-refractivity contribution is 5.84. The monoisotopic (exact) mass is 371 g/mol. The molecule has 0 spiro atoms. The summed E-state index contributed by atoms with van der Waals surface area (Å²) < 4.78 is 10.2. The summed E-state index contributed by atoms with van der Waals surface area (Å²) in [6.07, 6.45) is -0.375. The third kappa shape index (κ3) is 5.51. The molecule has 150 valence electrons. The van der Waals surface area contributed by atoms with Crippen LogP contribution in [0.15, 0.2) is 0 Å². The number of rotatable bonds is 3. The van der Waals surface area contributed by atoms with Crippen molar-refractivity contribution in [3.63, 3.8) is 0 Å². The minimum Gasteiger partial charge on any atom is -0.467 e. The molecule has 0 saturated carbocycles. The van der Waals surface area contributed by atoms with E-state index in [1.807, 2.05) is 41.5 Å². The molecule has 0 aromatic heterocycles. The highest BCUT2D eigenvalue weighted by Crippen LogP contribution is 2.18. The molecule has 0 bridgehead atoms. The molecule has 0 unspecified atom stereocenters. The molecule has 1 fully saturated rings. The number of nitrogens with zero attached hydrogens (tertiary/aromatic N) is 3. The molecule has 1 heterocycles. The van der Waals surface area contributed by atoms with Crippen LogP contribution in [0, 0.1) is 5.92 Å². The Balaban J connectivity index is 2.77. The Kier molecular flexibility index (Phi) is 7.29. The number of hydrogen-bond donors (Lipinski definition) is 0. The van der Waals surface area contributed by atoms with Gasteiger partial charge in [-0.3, -0.25) is 0 Å². The van der Waals surface area contributed by atoms with Crippen LogP contribution in [-0.2, 0) is 14.3 Å². The van der Waals surface area contributed by atoms with Gasteiger partial charge in [0.1, 0.15) is 11.6 Å². The van der Waals surface area contributed by atoms with Crippen molar-refractivity contribution in [3.8, 4) is 0 Å². The Morgan fingerprint density at radius 3 is 2.15 bits per heavy atom. The summed E-state index contributed by atoms with van der Waals surface area (Å²) in [7, 11) is 2.92. The quantitative estimate of drug-likeness (QED) is 0.711. The molecule has 1 aliphatic rings. The molecule has 1 saturated heterocycles. The Hall–Kier alpha value is -1.99.